The minimum Gasteiger partial charge on any atom is -0.392 e. The van der Waals surface area contributed by atoms with Crippen LogP contribution in [-0.4, -0.2) is 10.0 Å². The maximum absolute atomic E-state index is 10.5. The Labute approximate surface area is 71.0 Å². The van der Waals surface area contributed by atoms with Crippen molar-refractivity contribution in [3.63, 3.8) is 0 Å². The average Bonchev–Trinajstić information content (AvgIpc) is 2.16. The molecule has 0 amide bonds. The van der Waals surface area contributed by atoms with Crippen LogP contribution in [0.5, 0.6) is 0 Å². The van der Waals surface area contributed by atoms with Gasteiger partial charge in [-0.25, -0.2) is 0 Å². The van der Waals surface area contributed by atoms with Crippen LogP contribution in [0.1, 0.15) is 12.5 Å². The highest BCUT2D eigenvalue weighted by atomic mass is 16.6. The first-order valence-electron chi connectivity index (χ1n) is 4.06. The molecular formula is C8H9NO3. The Hall–Kier alpha value is -1.42. The van der Waals surface area contributed by atoms with Crippen LogP contribution >= 0.6 is 0 Å². The van der Waals surface area contributed by atoms with Crippen molar-refractivity contribution in [1.29, 1.82) is 0 Å². The Kier molecular flexibility index (Phi) is 2.00. The van der Waals surface area contributed by atoms with E-state index in [0.717, 1.165) is 0 Å². The van der Waals surface area contributed by atoms with Gasteiger partial charge in [0.1, 0.15) is 0 Å². The van der Waals surface area contributed by atoms with Gasteiger partial charge in [0, 0.05) is 13.0 Å². The van der Waals surface area contributed by atoms with Crippen LogP contribution in [-0.2, 0) is 6.61 Å². The van der Waals surface area contributed by atoms with Crippen molar-refractivity contribution < 1.29 is 11.4 Å². The number of aryl methyl sites for hydroxylation is 1. The van der Waals surface area contributed by atoms with Gasteiger partial charge in [0.2, 0.25) is 0 Å². The number of aliphatic hydroxyl groups excluding tert-OH is 1. The summed E-state index contributed by atoms with van der Waals surface area (Å²) in [4.78, 5) is 9.95. The van der Waals surface area contributed by atoms with Gasteiger partial charge in [-0.3, -0.25) is 10.1 Å². The maximum atomic E-state index is 10.5. The summed E-state index contributed by atoms with van der Waals surface area (Å²) in [5.74, 6) is 0. The molecule has 0 aliphatic heterocycles. The molecule has 0 atom stereocenters. The minimum absolute atomic E-state index is 0.0958. The first-order valence-corrected chi connectivity index (χ1v) is 3.35. The predicted molar refractivity (Wildman–Crippen MR) is 43.8 cm³/mol. The third-order valence-electron chi connectivity index (χ3n) is 1.53. The quantitative estimate of drug-likeness (QED) is 0.536. The molecule has 0 aromatic heterocycles. The van der Waals surface area contributed by atoms with E-state index in [1.165, 1.54) is 12.1 Å². The van der Waals surface area contributed by atoms with Gasteiger partial charge in [-0.05, 0) is 12.5 Å². The van der Waals surface area contributed by atoms with E-state index < -0.39 is 4.92 Å². The van der Waals surface area contributed by atoms with E-state index in [1.807, 2.05) is 0 Å². The SMILES string of the molecule is [2H]Cc1ccc(CO)cc1[N+](=O)[O-]. The van der Waals surface area contributed by atoms with Gasteiger partial charge in [-0.1, -0.05) is 12.1 Å². The zero-order valence-corrected chi connectivity index (χ0v) is 6.36. The van der Waals surface area contributed by atoms with Gasteiger partial charge in [-0.15, -0.1) is 0 Å². The van der Waals surface area contributed by atoms with Crippen LogP contribution in [0.15, 0.2) is 18.2 Å². The van der Waals surface area contributed by atoms with E-state index in [2.05, 4.69) is 0 Å². The molecule has 1 rings (SSSR count). The van der Waals surface area contributed by atoms with Crippen molar-refractivity contribution in [3.05, 3.63) is 39.4 Å². The van der Waals surface area contributed by atoms with E-state index in [4.69, 9.17) is 6.48 Å². The molecule has 0 saturated heterocycles. The summed E-state index contributed by atoms with van der Waals surface area (Å²) in [6.07, 6.45) is 0. The zero-order chi connectivity index (χ0) is 9.84. The molecule has 0 bridgehead atoms. The standard InChI is InChI=1S/C8H9NO3/c1-6-2-3-7(5-10)4-8(6)9(11)12/h2-4,10H,5H2,1H3/i1D. The van der Waals surface area contributed by atoms with Crippen molar-refractivity contribution in [2.75, 3.05) is 0 Å². The average molecular weight is 168 g/mol. The molecular weight excluding hydrogens is 158 g/mol. The van der Waals surface area contributed by atoms with Gasteiger partial charge in [-0.2, -0.15) is 0 Å². The molecule has 0 fully saturated rings. The third-order valence-corrected chi connectivity index (χ3v) is 1.53. The summed E-state index contributed by atoms with van der Waals surface area (Å²) in [6, 6.07) is 4.37. The van der Waals surface area contributed by atoms with Crippen molar-refractivity contribution in [2.45, 2.75) is 13.5 Å². The van der Waals surface area contributed by atoms with E-state index in [1.54, 1.807) is 6.07 Å². The molecule has 0 heterocycles. The van der Waals surface area contributed by atoms with Crippen LogP contribution in [0.2, 0.25) is 0 Å². The largest absolute Gasteiger partial charge is 0.392 e. The molecule has 0 saturated carbocycles. The number of nitrogens with zero attached hydrogens (tertiary/aromatic N) is 1. The Balaban J connectivity index is 3.18. The molecule has 4 heteroatoms. The smallest absolute Gasteiger partial charge is 0.272 e. The highest BCUT2D eigenvalue weighted by Gasteiger charge is 2.09. The predicted octanol–water partition coefficient (Wildman–Crippen LogP) is 1.40. The topological polar surface area (TPSA) is 63.4 Å². The van der Waals surface area contributed by atoms with Crippen molar-refractivity contribution in [2.24, 2.45) is 0 Å². The third kappa shape index (κ3) is 1.60. The first kappa shape index (κ1) is 7.24. The van der Waals surface area contributed by atoms with Crippen LogP contribution in [0.3, 0.4) is 0 Å². The van der Waals surface area contributed by atoms with Crippen molar-refractivity contribution in [3.8, 4) is 0 Å². The Morgan fingerprint density at radius 1 is 1.75 bits per heavy atom. The van der Waals surface area contributed by atoms with Gasteiger partial charge in [0.05, 0.1) is 11.5 Å². The fourth-order valence-corrected chi connectivity index (χ4v) is 0.878. The van der Waals surface area contributed by atoms with E-state index in [0.29, 0.717) is 11.1 Å². The molecule has 0 radical (unpaired) electrons. The van der Waals surface area contributed by atoms with Crippen molar-refractivity contribution >= 4 is 5.69 Å². The number of hydrogen-bond donors (Lipinski definition) is 1. The van der Waals surface area contributed by atoms with Gasteiger partial charge < -0.3 is 5.11 Å². The second kappa shape index (κ2) is 3.32. The van der Waals surface area contributed by atoms with Crippen LogP contribution in [0.25, 0.3) is 0 Å². The Morgan fingerprint density at radius 3 is 3.00 bits per heavy atom. The van der Waals surface area contributed by atoms with Crippen LogP contribution < -0.4 is 0 Å². The second-order valence-corrected chi connectivity index (χ2v) is 2.38. The van der Waals surface area contributed by atoms with Gasteiger partial charge >= 0.3 is 0 Å². The summed E-state index contributed by atoms with van der Waals surface area (Å²) in [5, 5.41) is 19.2. The van der Waals surface area contributed by atoms with Gasteiger partial charge in [0.25, 0.3) is 5.69 Å². The Bertz CT molecular complexity index is 327. The molecule has 0 aliphatic carbocycles. The summed E-state index contributed by atoms with van der Waals surface area (Å²) in [5.41, 5.74) is 0.757. The molecule has 1 aromatic rings. The molecule has 0 aliphatic rings. The summed E-state index contributed by atoms with van der Waals surface area (Å²) in [6.45, 7) is -0.346. The molecule has 12 heavy (non-hydrogen) atoms. The molecule has 4 nitrogen and oxygen atoms in total. The van der Waals surface area contributed by atoms with E-state index >= 15 is 0 Å². The van der Waals surface area contributed by atoms with Gasteiger partial charge in [0.15, 0.2) is 0 Å². The Morgan fingerprint density at radius 2 is 2.50 bits per heavy atom. The fraction of sp³-hybridized carbons (Fsp3) is 0.250. The van der Waals surface area contributed by atoms with Crippen LogP contribution in [0.4, 0.5) is 5.69 Å². The number of nitro groups is 1. The summed E-state index contributed by atoms with van der Waals surface area (Å²) >= 11 is 0. The first-order chi connectivity index (χ1) is 6.19. The lowest BCUT2D eigenvalue weighted by atomic mass is 10.1. The zero-order valence-electron chi connectivity index (χ0n) is 7.36. The number of nitro benzene ring substituents is 1. The second-order valence-electron chi connectivity index (χ2n) is 2.38. The lowest BCUT2D eigenvalue weighted by Crippen LogP contribution is -1.93. The molecule has 1 aromatic carbocycles. The summed E-state index contributed by atoms with van der Waals surface area (Å²) < 4.78 is 7.04. The van der Waals surface area contributed by atoms with Crippen LogP contribution in [0, 0.1) is 17.0 Å². The number of rotatable bonds is 2. The monoisotopic (exact) mass is 168 g/mol. The number of benzene rings is 1. The van der Waals surface area contributed by atoms with E-state index in [9.17, 15) is 10.1 Å². The fourth-order valence-electron chi connectivity index (χ4n) is 0.878. The highest BCUT2D eigenvalue weighted by Crippen LogP contribution is 2.18. The lowest BCUT2D eigenvalue weighted by Gasteiger charge is -1.98. The van der Waals surface area contributed by atoms with E-state index in [-0.39, 0.29) is 19.2 Å². The molecule has 0 unspecified atom stereocenters. The lowest BCUT2D eigenvalue weighted by molar-refractivity contribution is -0.385. The maximum Gasteiger partial charge on any atom is 0.272 e. The highest BCUT2D eigenvalue weighted by molar-refractivity contribution is 5.42. The van der Waals surface area contributed by atoms with Crippen molar-refractivity contribution in [1.82, 2.24) is 0 Å². The molecule has 1 N–H and O–H groups in total. The minimum atomic E-state index is -0.539. The number of aliphatic hydroxyl groups is 1. The molecule has 64 valence electrons. The number of hydrogen-bond acceptors (Lipinski definition) is 3. The summed E-state index contributed by atoms with van der Waals surface area (Å²) in [7, 11) is 0. The molecule has 0 spiro atoms. The normalized spacial score (nSPS) is 10.9.